The molecule has 0 atom stereocenters. The van der Waals surface area contributed by atoms with Gasteiger partial charge in [-0.3, -0.25) is 0 Å². The Kier molecular flexibility index (Phi) is 2.69. The molecule has 0 bridgehead atoms. The SMILES string of the molecule is Cc1ccc(-c2cc(C)c(N)c(C)c2)cc1. The third kappa shape index (κ3) is 1.94. The first-order chi connectivity index (χ1) is 7.58. The molecule has 2 N–H and O–H groups in total. The van der Waals surface area contributed by atoms with Gasteiger partial charge in [0.2, 0.25) is 0 Å². The summed E-state index contributed by atoms with van der Waals surface area (Å²) in [5, 5.41) is 0. The van der Waals surface area contributed by atoms with Crippen LogP contribution in [0.25, 0.3) is 11.1 Å². The van der Waals surface area contributed by atoms with Crippen molar-refractivity contribution in [3.8, 4) is 11.1 Å². The average Bonchev–Trinajstić information content (AvgIpc) is 2.26. The van der Waals surface area contributed by atoms with E-state index >= 15 is 0 Å². The van der Waals surface area contributed by atoms with Crippen molar-refractivity contribution >= 4 is 5.69 Å². The van der Waals surface area contributed by atoms with E-state index in [0.29, 0.717) is 0 Å². The first-order valence-corrected chi connectivity index (χ1v) is 5.51. The normalized spacial score (nSPS) is 10.4. The predicted octanol–water partition coefficient (Wildman–Crippen LogP) is 3.86. The summed E-state index contributed by atoms with van der Waals surface area (Å²) >= 11 is 0. The fourth-order valence-electron chi connectivity index (χ4n) is 1.89. The number of nitrogen functional groups attached to an aromatic ring is 1. The van der Waals surface area contributed by atoms with Gasteiger partial charge >= 0.3 is 0 Å². The minimum atomic E-state index is 0.899. The smallest absolute Gasteiger partial charge is 0.0373 e. The molecule has 0 aliphatic rings. The summed E-state index contributed by atoms with van der Waals surface area (Å²) < 4.78 is 0. The zero-order chi connectivity index (χ0) is 11.7. The number of anilines is 1. The Morgan fingerprint density at radius 1 is 0.750 bits per heavy atom. The number of hydrogen-bond donors (Lipinski definition) is 1. The number of nitrogens with two attached hydrogens (primary N) is 1. The van der Waals surface area contributed by atoms with Crippen molar-refractivity contribution in [1.29, 1.82) is 0 Å². The quantitative estimate of drug-likeness (QED) is 0.712. The molecule has 0 spiro atoms. The molecule has 1 nitrogen and oxygen atoms in total. The van der Waals surface area contributed by atoms with Crippen LogP contribution in [-0.4, -0.2) is 0 Å². The lowest BCUT2D eigenvalue weighted by Crippen LogP contribution is -1.94. The topological polar surface area (TPSA) is 26.0 Å². The summed E-state index contributed by atoms with van der Waals surface area (Å²) in [6.45, 7) is 6.21. The molecule has 2 rings (SSSR count). The molecule has 0 amide bonds. The highest BCUT2D eigenvalue weighted by Crippen LogP contribution is 2.26. The van der Waals surface area contributed by atoms with Gasteiger partial charge in [0, 0.05) is 5.69 Å². The van der Waals surface area contributed by atoms with Crippen molar-refractivity contribution in [1.82, 2.24) is 0 Å². The maximum atomic E-state index is 5.95. The summed E-state index contributed by atoms with van der Waals surface area (Å²) in [6, 6.07) is 12.9. The molecule has 2 aromatic rings. The molecule has 0 saturated heterocycles. The molecule has 2 aromatic carbocycles. The van der Waals surface area contributed by atoms with E-state index in [2.05, 4.69) is 57.2 Å². The lowest BCUT2D eigenvalue weighted by Gasteiger charge is -2.09. The third-order valence-electron chi connectivity index (χ3n) is 2.98. The van der Waals surface area contributed by atoms with E-state index in [-0.39, 0.29) is 0 Å². The largest absolute Gasteiger partial charge is 0.398 e. The molecule has 0 saturated carbocycles. The average molecular weight is 211 g/mol. The van der Waals surface area contributed by atoms with Gasteiger partial charge in [0.1, 0.15) is 0 Å². The molecule has 1 heteroatoms. The molecule has 0 unspecified atom stereocenters. The lowest BCUT2D eigenvalue weighted by molar-refractivity contribution is 1.38. The zero-order valence-electron chi connectivity index (χ0n) is 10.0. The van der Waals surface area contributed by atoms with E-state index < -0.39 is 0 Å². The number of rotatable bonds is 1. The Hall–Kier alpha value is -1.76. The second-order valence-corrected chi connectivity index (χ2v) is 4.39. The maximum Gasteiger partial charge on any atom is 0.0373 e. The van der Waals surface area contributed by atoms with E-state index in [9.17, 15) is 0 Å². The van der Waals surface area contributed by atoms with Crippen molar-refractivity contribution in [3.05, 3.63) is 53.1 Å². The summed E-state index contributed by atoms with van der Waals surface area (Å²) in [6.07, 6.45) is 0. The van der Waals surface area contributed by atoms with Crippen LogP contribution in [0.5, 0.6) is 0 Å². The van der Waals surface area contributed by atoms with Crippen LogP contribution in [0.4, 0.5) is 5.69 Å². The summed E-state index contributed by atoms with van der Waals surface area (Å²) in [7, 11) is 0. The van der Waals surface area contributed by atoms with Gasteiger partial charge in [-0.25, -0.2) is 0 Å². The minimum Gasteiger partial charge on any atom is -0.398 e. The fourth-order valence-corrected chi connectivity index (χ4v) is 1.89. The Labute approximate surface area is 96.9 Å². The van der Waals surface area contributed by atoms with Crippen LogP contribution in [0.1, 0.15) is 16.7 Å². The Balaban J connectivity index is 2.52. The van der Waals surface area contributed by atoms with Crippen molar-refractivity contribution < 1.29 is 0 Å². The number of hydrogen-bond acceptors (Lipinski definition) is 1. The van der Waals surface area contributed by atoms with Gasteiger partial charge in [-0.1, -0.05) is 29.8 Å². The maximum absolute atomic E-state index is 5.95. The van der Waals surface area contributed by atoms with Gasteiger partial charge in [-0.15, -0.1) is 0 Å². The highest BCUT2D eigenvalue weighted by molar-refractivity contribution is 5.70. The van der Waals surface area contributed by atoms with Crippen LogP contribution >= 0.6 is 0 Å². The predicted molar refractivity (Wildman–Crippen MR) is 70.5 cm³/mol. The number of aryl methyl sites for hydroxylation is 3. The molecular weight excluding hydrogens is 194 g/mol. The molecule has 16 heavy (non-hydrogen) atoms. The van der Waals surface area contributed by atoms with Crippen LogP contribution in [0.2, 0.25) is 0 Å². The van der Waals surface area contributed by atoms with Crippen molar-refractivity contribution in [2.24, 2.45) is 0 Å². The van der Waals surface area contributed by atoms with Crippen LogP contribution in [0.15, 0.2) is 36.4 Å². The van der Waals surface area contributed by atoms with Gasteiger partial charge in [0.25, 0.3) is 0 Å². The standard InChI is InChI=1S/C15H17N/c1-10-4-6-13(7-5-10)14-8-11(2)15(16)12(3)9-14/h4-9H,16H2,1-3H3. The van der Waals surface area contributed by atoms with E-state index in [4.69, 9.17) is 5.73 Å². The van der Waals surface area contributed by atoms with Gasteiger partial charge in [0.15, 0.2) is 0 Å². The monoisotopic (exact) mass is 211 g/mol. The second kappa shape index (κ2) is 4.01. The summed E-state index contributed by atoms with van der Waals surface area (Å²) in [5.41, 5.74) is 12.9. The van der Waals surface area contributed by atoms with Crippen molar-refractivity contribution in [3.63, 3.8) is 0 Å². The van der Waals surface area contributed by atoms with Crippen LogP contribution in [-0.2, 0) is 0 Å². The molecular formula is C15H17N. The molecule has 0 heterocycles. The minimum absolute atomic E-state index is 0.899. The van der Waals surface area contributed by atoms with E-state index in [1.165, 1.54) is 16.7 Å². The molecule has 82 valence electrons. The van der Waals surface area contributed by atoms with Crippen LogP contribution in [0.3, 0.4) is 0 Å². The second-order valence-electron chi connectivity index (χ2n) is 4.39. The van der Waals surface area contributed by atoms with E-state index in [0.717, 1.165) is 16.8 Å². The van der Waals surface area contributed by atoms with Gasteiger partial charge in [-0.05, 0) is 55.2 Å². The van der Waals surface area contributed by atoms with Crippen molar-refractivity contribution in [2.75, 3.05) is 5.73 Å². The summed E-state index contributed by atoms with van der Waals surface area (Å²) in [5.74, 6) is 0. The molecule has 0 fully saturated rings. The highest BCUT2D eigenvalue weighted by Gasteiger charge is 2.03. The highest BCUT2D eigenvalue weighted by atomic mass is 14.6. The Morgan fingerprint density at radius 3 is 1.75 bits per heavy atom. The van der Waals surface area contributed by atoms with Gasteiger partial charge in [0.05, 0.1) is 0 Å². The van der Waals surface area contributed by atoms with E-state index in [1.54, 1.807) is 0 Å². The molecule has 0 aliphatic carbocycles. The molecule has 0 aromatic heterocycles. The molecule has 0 aliphatic heterocycles. The van der Waals surface area contributed by atoms with Gasteiger partial charge < -0.3 is 5.73 Å². The third-order valence-corrected chi connectivity index (χ3v) is 2.98. The first kappa shape index (κ1) is 10.7. The zero-order valence-corrected chi connectivity index (χ0v) is 10.0. The van der Waals surface area contributed by atoms with Crippen LogP contribution in [0, 0.1) is 20.8 Å². The lowest BCUT2D eigenvalue weighted by atomic mass is 9.98. The van der Waals surface area contributed by atoms with E-state index in [1.807, 2.05) is 0 Å². The van der Waals surface area contributed by atoms with Gasteiger partial charge in [-0.2, -0.15) is 0 Å². The van der Waals surface area contributed by atoms with Crippen LogP contribution < -0.4 is 5.73 Å². The Bertz CT molecular complexity index is 486. The fraction of sp³-hybridized carbons (Fsp3) is 0.200. The molecule has 0 radical (unpaired) electrons. The van der Waals surface area contributed by atoms with Crippen molar-refractivity contribution in [2.45, 2.75) is 20.8 Å². The first-order valence-electron chi connectivity index (χ1n) is 5.51. The number of benzene rings is 2. The summed E-state index contributed by atoms with van der Waals surface area (Å²) in [4.78, 5) is 0. The Morgan fingerprint density at radius 2 is 1.25 bits per heavy atom.